The number of para-hydroxylation sites is 3. The second kappa shape index (κ2) is 14.8. The van der Waals surface area contributed by atoms with Gasteiger partial charge in [0.25, 0.3) is 0 Å². The Morgan fingerprint density at radius 1 is 0.328 bits per heavy atom. The Labute approximate surface area is 361 Å². The van der Waals surface area contributed by atoms with Gasteiger partial charge >= 0.3 is 12.4 Å². The first kappa shape index (κ1) is 38.8. The Kier molecular flexibility index (Phi) is 8.98. The molecule has 11 heteroatoms. The van der Waals surface area contributed by atoms with Gasteiger partial charge in [-0.1, -0.05) is 127 Å². The second-order valence-electron chi connectivity index (χ2n) is 15.4. The topological polar surface area (TPSA) is 48.5 Å². The minimum absolute atomic E-state index is 0.0211. The lowest BCUT2D eigenvalue weighted by atomic mass is 9.92. The molecule has 0 atom stereocenters. The standard InChI is InChI=1S/C53H31F6N5/c54-52(55,56)34-23-26-37(44(29-34)53(57,58)59)43-30-35(25-28-42(43)51-61-49(32-13-3-1-4-14-32)60-50(62-51)33-15-5-2-6-16-33)64-47-22-12-9-19-40(47)41-27-24-36(31-48(41)64)63-45-20-10-7-17-38(45)39-18-8-11-21-46(39)63/h1-31H. The number of benzene rings is 8. The van der Waals surface area contributed by atoms with Gasteiger partial charge in [0.2, 0.25) is 0 Å². The normalized spacial score (nSPS) is 12.2. The fourth-order valence-electron chi connectivity index (χ4n) is 8.79. The number of hydrogen-bond donors (Lipinski definition) is 0. The molecule has 5 nitrogen and oxygen atoms in total. The van der Waals surface area contributed by atoms with E-state index >= 15 is 13.2 Å². The smallest absolute Gasteiger partial charge is 0.309 e. The molecule has 8 aromatic carbocycles. The summed E-state index contributed by atoms with van der Waals surface area (Å²) in [5.74, 6) is 0.573. The average molecular weight is 852 g/mol. The Bertz CT molecular complexity index is 3480. The number of rotatable bonds is 6. The van der Waals surface area contributed by atoms with Crippen molar-refractivity contribution in [1.29, 1.82) is 0 Å². The highest BCUT2D eigenvalue weighted by Crippen LogP contribution is 2.45. The predicted molar refractivity (Wildman–Crippen MR) is 240 cm³/mol. The van der Waals surface area contributed by atoms with Crippen LogP contribution in [0.5, 0.6) is 0 Å². The molecule has 11 rings (SSSR count). The Morgan fingerprint density at radius 3 is 1.30 bits per heavy atom. The zero-order valence-electron chi connectivity index (χ0n) is 33.4. The summed E-state index contributed by atoms with van der Waals surface area (Å²) in [6, 6.07) is 55.1. The monoisotopic (exact) mass is 851 g/mol. The molecular formula is C53H31F6N5. The third-order valence-electron chi connectivity index (χ3n) is 11.6. The maximum Gasteiger partial charge on any atom is 0.417 e. The van der Waals surface area contributed by atoms with E-state index in [2.05, 4.69) is 41.0 Å². The Balaban J connectivity index is 1.20. The highest BCUT2D eigenvalue weighted by molar-refractivity contribution is 6.12. The summed E-state index contributed by atoms with van der Waals surface area (Å²) in [6.07, 6.45) is -10.2. The van der Waals surface area contributed by atoms with Crippen molar-refractivity contribution in [2.24, 2.45) is 0 Å². The molecule has 0 N–H and O–H groups in total. The van der Waals surface area contributed by atoms with Gasteiger partial charge in [-0.2, -0.15) is 26.3 Å². The van der Waals surface area contributed by atoms with Crippen molar-refractivity contribution >= 4 is 43.6 Å². The van der Waals surface area contributed by atoms with Crippen LogP contribution < -0.4 is 0 Å². The van der Waals surface area contributed by atoms with Crippen LogP contribution in [0.25, 0.3) is 100 Å². The quantitative estimate of drug-likeness (QED) is 0.157. The second-order valence-corrected chi connectivity index (χ2v) is 15.4. The van der Waals surface area contributed by atoms with Crippen molar-refractivity contribution in [1.82, 2.24) is 24.1 Å². The predicted octanol–water partition coefficient (Wildman–Crippen LogP) is 14.8. The molecule has 0 aliphatic carbocycles. The van der Waals surface area contributed by atoms with Crippen LogP contribution in [0.4, 0.5) is 26.3 Å². The summed E-state index contributed by atoms with van der Waals surface area (Å²) in [5, 5.41) is 3.97. The fourth-order valence-corrected chi connectivity index (χ4v) is 8.79. The van der Waals surface area contributed by atoms with Crippen LogP contribution in [0, 0.1) is 0 Å². The van der Waals surface area contributed by atoms with Crippen LogP contribution in [-0.4, -0.2) is 24.1 Å². The van der Waals surface area contributed by atoms with Gasteiger partial charge in [0, 0.05) is 49.6 Å². The van der Waals surface area contributed by atoms with E-state index in [1.807, 2.05) is 120 Å². The molecule has 3 aromatic heterocycles. The average Bonchev–Trinajstić information content (AvgIpc) is 3.83. The lowest BCUT2D eigenvalue weighted by Gasteiger charge is -2.20. The number of fused-ring (bicyclic) bond motifs is 6. The third-order valence-corrected chi connectivity index (χ3v) is 11.6. The maximum atomic E-state index is 15.2. The summed E-state index contributed by atoms with van der Waals surface area (Å²) < 4.78 is 92.0. The van der Waals surface area contributed by atoms with E-state index in [-0.39, 0.29) is 34.7 Å². The lowest BCUT2D eigenvalue weighted by molar-refractivity contribution is -0.142. The maximum absolute atomic E-state index is 15.2. The summed E-state index contributed by atoms with van der Waals surface area (Å²) in [7, 11) is 0. The number of alkyl halides is 6. The molecule has 310 valence electrons. The van der Waals surface area contributed by atoms with Gasteiger partial charge in [-0.3, -0.25) is 0 Å². The third kappa shape index (κ3) is 6.55. The van der Waals surface area contributed by atoms with Crippen molar-refractivity contribution in [3.63, 3.8) is 0 Å². The van der Waals surface area contributed by atoms with Gasteiger partial charge < -0.3 is 9.13 Å². The zero-order chi connectivity index (χ0) is 43.7. The highest BCUT2D eigenvalue weighted by Gasteiger charge is 2.39. The molecule has 0 saturated carbocycles. The van der Waals surface area contributed by atoms with Crippen molar-refractivity contribution in [2.45, 2.75) is 12.4 Å². The first-order valence-electron chi connectivity index (χ1n) is 20.3. The highest BCUT2D eigenvalue weighted by atomic mass is 19.4. The van der Waals surface area contributed by atoms with Gasteiger partial charge in [-0.05, 0) is 71.8 Å². The Hall–Kier alpha value is -8.05. The van der Waals surface area contributed by atoms with E-state index in [4.69, 9.17) is 15.0 Å². The van der Waals surface area contributed by atoms with Crippen LogP contribution in [0.1, 0.15) is 11.1 Å². The number of halogens is 6. The molecular weight excluding hydrogens is 821 g/mol. The molecule has 0 saturated heterocycles. The number of nitrogens with zero attached hydrogens (tertiary/aromatic N) is 5. The van der Waals surface area contributed by atoms with Gasteiger partial charge in [-0.15, -0.1) is 0 Å². The lowest BCUT2D eigenvalue weighted by Crippen LogP contribution is -2.12. The van der Waals surface area contributed by atoms with E-state index in [0.29, 0.717) is 22.9 Å². The summed E-state index contributed by atoms with van der Waals surface area (Å²) in [4.78, 5) is 14.4. The van der Waals surface area contributed by atoms with Crippen molar-refractivity contribution in [2.75, 3.05) is 0 Å². The van der Waals surface area contributed by atoms with Crippen LogP contribution in [0.15, 0.2) is 188 Å². The van der Waals surface area contributed by atoms with Crippen LogP contribution in [-0.2, 0) is 12.4 Å². The minimum atomic E-state index is -5.17. The van der Waals surface area contributed by atoms with Crippen LogP contribution >= 0.6 is 0 Å². The molecule has 0 radical (unpaired) electrons. The molecule has 0 unspecified atom stereocenters. The van der Waals surface area contributed by atoms with Crippen LogP contribution in [0.2, 0.25) is 0 Å². The molecule has 64 heavy (non-hydrogen) atoms. The zero-order valence-corrected chi connectivity index (χ0v) is 33.4. The summed E-state index contributed by atoms with van der Waals surface area (Å²) >= 11 is 0. The molecule has 0 amide bonds. The first-order chi connectivity index (χ1) is 31.0. The number of hydrogen-bond acceptors (Lipinski definition) is 3. The van der Waals surface area contributed by atoms with Gasteiger partial charge in [0.1, 0.15) is 0 Å². The SMILES string of the molecule is FC(F)(F)c1ccc(-c2cc(-n3c4ccccc4c4ccc(-n5c6ccccc6c6ccccc65)cc43)ccc2-c2nc(-c3ccccc3)nc(-c3ccccc3)n2)c(C(F)(F)F)c1. The molecule has 3 heterocycles. The van der Waals surface area contributed by atoms with Gasteiger partial charge in [0.05, 0.1) is 33.2 Å². The molecule has 0 bridgehead atoms. The molecule has 0 fully saturated rings. The largest absolute Gasteiger partial charge is 0.417 e. The van der Waals surface area contributed by atoms with E-state index in [9.17, 15) is 13.2 Å². The van der Waals surface area contributed by atoms with E-state index < -0.39 is 29.0 Å². The molecule has 11 aromatic rings. The fraction of sp³-hybridized carbons (Fsp3) is 0.0377. The van der Waals surface area contributed by atoms with Crippen LogP contribution in [0.3, 0.4) is 0 Å². The Morgan fingerprint density at radius 2 is 0.766 bits per heavy atom. The van der Waals surface area contributed by atoms with E-state index in [1.165, 1.54) is 0 Å². The molecule has 0 aliphatic heterocycles. The minimum Gasteiger partial charge on any atom is -0.309 e. The summed E-state index contributed by atoms with van der Waals surface area (Å²) in [5.41, 5.74) is 2.96. The molecule has 0 spiro atoms. The van der Waals surface area contributed by atoms with Crippen molar-refractivity contribution < 1.29 is 26.3 Å². The molecule has 0 aliphatic rings. The van der Waals surface area contributed by atoms with E-state index in [1.54, 1.807) is 18.2 Å². The summed E-state index contributed by atoms with van der Waals surface area (Å²) in [6.45, 7) is 0. The van der Waals surface area contributed by atoms with E-state index in [0.717, 1.165) is 55.4 Å². The van der Waals surface area contributed by atoms with Gasteiger partial charge in [0.15, 0.2) is 17.5 Å². The van der Waals surface area contributed by atoms with Crippen molar-refractivity contribution in [3.8, 4) is 56.7 Å². The van der Waals surface area contributed by atoms with Crippen molar-refractivity contribution in [3.05, 3.63) is 199 Å². The van der Waals surface area contributed by atoms with Gasteiger partial charge in [-0.25, -0.2) is 15.0 Å². The first-order valence-corrected chi connectivity index (χ1v) is 20.3. The number of aromatic nitrogens is 5.